The van der Waals surface area contributed by atoms with Gasteiger partial charge in [-0.1, -0.05) is 19.1 Å². The summed E-state index contributed by atoms with van der Waals surface area (Å²) in [6.07, 6.45) is 1.38. The lowest BCUT2D eigenvalue weighted by molar-refractivity contribution is -0.116. The quantitative estimate of drug-likeness (QED) is 0.765. The van der Waals surface area contributed by atoms with Gasteiger partial charge in [-0.15, -0.1) is 0 Å². The molecule has 1 heterocycles. The van der Waals surface area contributed by atoms with E-state index in [4.69, 9.17) is 4.42 Å². The molecule has 15 heavy (non-hydrogen) atoms. The first kappa shape index (κ1) is 9.97. The van der Waals surface area contributed by atoms with E-state index in [1.165, 1.54) is 0 Å². The molecular weight excluding hydrogens is 188 g/mol. The Morgan fingerprint density at radius 1 is 1.33 bits per heavy atom. The van der Waals surface area contributed by atoms with Gasteiger partial charge in [0, 0.05) is 18.2 Å². The van der Waals surface area contributed by atoms with Crippen molar-refractivity contribution in [3.63, 3.8) is 0 Å². The zero-order chi connectivity index (χ0) is 10.8. The smallest absolute Gasteiger partial charge is 0.134 e. The maximum Gasteiger partial charge on any atom is 0.134 e. The van der Waals surface area contributed by atoms with Crippen LogP contribution in [0, 0.1) is 0 Å². The van der Waals surface area contributed by atoms with Crippen LogP contribution in [0.4, 0.5) is 0 Å². The summed E-state index contributed by atoms with van der Waals surface area (Å²) in [6, 6.07) is 8.00. The Kier molecular flexibility index (Phi) is 2.58. The summed E-state index contributed by atoms with van der Waals surface area (Å²) in [4.78, 5) is 11.0. The Morgan fingerprint density at radius 2 is 2.13 bits per heavy atom. The first-order chi connectivity index (χ1) is 7.19. The molecule has 0 aliphatic carbocycles. The van der Waals surface area contributed by atoms with E-state index < -0.39 is 0 Å². The van der Waals surface area contributed by atoms with Crippen molar-refractivity contribution in [1.82, 2.24) is 0 Å². The fourth-order valence-electron chi connectivity index (χ4n) is 1.70. The molecule has 0 amide bonds. The average molecular weight is 202 g/mol. The van der Waals surface area contributed by atoms with Gasteiger partial charge in [-0.3, -0.25) is 4.79 Å². The van der Waals surface area contributed by atoms with Gasteiger partial charge < -0.3 is 4.42 Å². The molecule has 0 bridgehead atoms. The molecule has 0 aliphatic heterocycles. The Morgan fingerprint density at radius 3 is 2.80 bits per heavy atom. The second-order valence-electron chi connectivity index (χ2n) is 3.82. The van der Waals surface area contributed by atoms with Crippen LogP contribution in [-0.2, 0) is 17.6 Å². The molecule has 2 aromatic rings. The van der Waals surface area contributed by atoms with E-state index >= 15 is 0 Å². The molecule has 2 rings (SSSR count). The molecule has 0 spiro atoms. The van der Waals surface area contributed by atoms with Gasteiger partial charge in [-0.2, -0.15) is 0 Å². The number of hydrogen-bond acceptors (Lipinski definition) is 2. The van der Waals surface area contributed by atoms with Gasteiger partial charge in [0.25, 0.3) is 0 Å². The normalized spacial score (nSPS) is 10.8. The molecule has 0 unspecified atom stereocenters. The summed E-state index contributed by atoms with van der Waals surface area (Å²) in [5, 5.41) is 1.11. The molecule has 0 N–H and O–H groups in total. The van der Waals surface area contributed by atoms with Crippen LogP contribution in [0.15, 0.2) is 28.7 Å². The van der Waals surface area contributed by atoms with Gasteiger partial charge in [0.15, 0.2) is 0 Å². The van der Waals surface area contributed by atoms with E-state index in [-0.39, 0.29) is 5.78 Å². The van der Waals surface area contributed by atoms with Crippen molar-refractivity contribution in [2.45, 2.75) is 26.7 Å². The largest absolute Gasteiger partial charge is 0.461 e. The zero-order valence-corrected chi connectivity index (χ0v) is 9.04. The van der Waals surface area contributed by atoms with Crippen molar-refractivity contribution >= 4 is 16.8 Å². The van der Waals surface area contributed by atoms with Crippen LogP contribution < -0.4 is 0 Å². The third-order valence-electron chi connectivity index (χ3n) is 2.44. The van der Waals surface area contributed by atoms with Gasteiger partial charge in [0.1, 0.15) is 17.1 Å². The van der Waals surface area contributed by atoms with Crippen LogP contribution in [0.5, 0.6) is 0 Å². The molecule has 0 saturated heterocycles. The maximum absolute atomic E-state index is 11.0. The highest BCUT2D eigenvalue weighted by molar-refractivity contribution is 5.82. The van der Waals surface area contributed by atoms with E-state index in [0.29, 0.717) is 6.42 Å². The molecule has 0 saturated carbocycles. The minimum atomic E-state index is 0.177. The number of fused-ring (bicyclic) bond motifs is 1. The van der Waals surface area contributed by atoms with Gasteiger partial charge in [0.2, 0.25) is 0 Å². The Hall–Kier alpha value is -1.57. The van der Waals surface area contributed by atoms with Gasteiger partial charge >= 0.3 is 0 Å². The minimum Gasteiger partial charge on any atom is -0.461 e. The monoisotopic (exact) mass is 202 g/mol. The number of hydrogen-bond donors (Lipinski definition) is 0. The standard InChI is InChI=1S/C13H14O2/c1-3-12-8-11-5-4-10(6-9(2)14)7-13(11)15-12/h4-5,7-8H,3,6H2,1-2H3. The van der Waals surface area contributed by atoms with Gasteiger partial charge in [-0.05, 0) is 24.6 Å². The number of benzene rings is 1. The highest BCUT2D eigenvalue weighted by Crippen LogP contribution is 2.21. The number of furan rings is 1. The third-order valence-corrected chi connectivity index (χ3v) is 2.44. The highest BCUT2D eigenvalue weighted by atomic mass is 16.3. The number of carbonyl (C=O) groups excluding carboxylic acids is 1. The number of Topliss-reactive ketones (excluding diaryl/α,β-unsaturated/α-hetero) is 1. The second-order valence-corrected chi connectivity index (χ2v) is 3.82. The van der Waals surface area contributed by atoms with Crippen LogP contribution >= 0.6 is 0 Å². The maximum atomic E-state index is 11.0. The zero-order valence-electron chi connectivity index (χ0n) is 9.04. The topological polar surface area (TPSA) is 30.2 Å². The van der Waals surface area contributed by atoms with E-state index in [1.807, 2.05) is 24.3 Å². The van der Waals surface area contributed by atoms with E-state index in [2.05, 4.69) is 6.92 Å². The van der Waals surface area contributed by atoms with Crippen LogP contribution in [-0.4, -0.2) is 5.78 Å². The van der Waals surface area contributed by atoms with E-state index in [1.54, 1.807) is 6.92 Å². The molecule has 0 aliphatic rings. The first-order valence-electron chi connectivity index (χ1n) is 5.20. The van der Waals surface area contributed by atoms with Crippen molar-refractivity contribution in [1.29, 1.82) is 0 Å². The van der Waals surface area contributed by atoms with Crippen molar-refractivity contribution in [2.75, 3.05) is 0 Å². The Balaban J connectivity index is 2.41. The van der Waals surface area contributed by atoms with Crippen LogP contribution in [0.25, 0.3) is 11.0 Å². The third kappa shape index (κ3) is 2.09. The molecule has 0 radical (unpaired) electrons. The lowest BCUT2D eigenvalue weighted by Crippen LogP contribution is -1.95. The molecule has 0 fully saturated rings. The van der Waals surface area contributed by atoms with Gasteiger partial charge in [0.05, 0.1) is 0 Å². The van der Waals surface area contributed by atoms with Crippen molar-refractivity contribution in [3.05, 3.63) is 35.6 Å². The van der Waals surface area contributed by atoms with E-state index in [9.17, 15) is 4.79 Å². The number of carbonyl (C=O) groups is 1. The van der Waals surface area contributed by atoms with Gasteiger partial charge in [-0.25, -0.2) is 0 Å². The predicted octanol–water partition coefficient (Wildman–Crippen LogP) is 3.13. The number of aryl methyl sites for hydroxylation is 1. The number of ketones is 1. The van der Waals surface area contributed by atoms with Crippen LogP contribution in [0.3, 0.4) is 0 Å². The summed E-state index contributed by atoms with van der Waals surface area (Å²) >= 11 is 0. The summed E-state index contributed by atoms with van der Waals surface area (Å²) in [5.74, 6) is 1.17. The number of rotatable bonds is 3. The Bertz CT molecular complexity index is 494. The predicted molar refractivity (Wildman–Crippen MR) is 60.0 cm³/mol. The molecular formula is C13H14O2. The molecule has 78 valence electrons. The fourth-order valence-corrected chi connectivity index (χ4v) is 1.70. The molecule has 2 nitrogen and oxygen atoms in total. The SMILES string of the molecule is CCc1cc2ccc(CC(C)=O)cc2o1. The van der Waals surface area contributed by atoms with Crippen LogP contribution in [0.2, 0.25) is 0 Å². The summed E-state index contributed by atoms with van der Waals surface area (Å²) in [6.45, 7) is 3.66. The molecule has 0 atom stereocenters. The van der Waals surface area contributed by atoms with E-state index in [0.717, 1.165) is 28.7 Å². The van der Waals surface area contributed by atoms with Crippen molar-refractivity contribution in [2.24, 2.45) is 0 Å². The highest BCUT2D eigenvalue weighted by Gasteiger charge is 2.04. The molecule has 2 heteroatoms. The molecule has 1 aromatic carbocycles. The summed E-state index contributed by atoms with van der Waals surface area (Å²) < 4.78 is 5.63. The Labute approximate surface area is 88.9 Å². The minimum absolute atomic E-state index is 0.177. The lowest BCUT2D eigenvalue weighted by atomic mass is 10.1. The van der Waals surface area contributed by atoms with Crippen LogP contribution in [0.1, 0.15) is 25.2 Å². The fraction of sp³-hybridized carbons (Fsp3) is 0.308. The average Bonchev–Trinajstić information content (AvgIpc) is 2.58. The summed E-state index contributed by atoms with van der Waals surface area (Å²) in [7, 11) is 0. The summed E-state index contributed by atoms with van der Waals surface area (Å²) in [5.41, 5.74) is 1.90. The second kappa shape index (κ2) is 3.89. The molecule has 1 aromatic heterocycles. The first-order valence-corrected chi connectivity index (χ1v) is 5.20. The van der Waals surface area contributed by atoms with Crippen molar-refractivity contribution < 1.29 is 9.21 Å². The van der Waals surface area contributed by atoms with Crippen molar-refractivity contribution in [3.8, 4) is 0 Å². The lowest BCUT2D eigenvalue weighted by Gasteiger charge is -1.96.